The zero-order valence-electron chi connectivity index (χ0n) is 14.4. The van der Waals surface area contributed by atoms with Crippen LogP contribution < -0.4 is 0 Å². The van der Waals surface area contributed by atoms with Crippen molar-refractivity contribution in [3.05, 3.63) is 101 Å². The van der Waals surface area contributed by atoms with Crippen molar-refractivity contribution < 1.29 is 14.0 Å². The zero-order valence-corrected chi connectivity index (χ0v) is 14.4. The molecule has 0 aliphatic carbocycles. The molecule has 0 spiro atoms. The van der Waals surface area contributed by atoms with Crippen molar-refractivity contribution >= 4 is 11.6 Å². The molecule has 0 bridgehead atoms. The van der Waals surface area contributed by atoms with Gasteiger partial charge in [0.1, 0.15) is 11.5 Å². The molecule has 0 aliphatic rings. The number of carbonyl (C=O) groups is 2. The molecule has 0 fully saturated rings. The van der Waals surface area contributed by atoms with E-state index in [4.69, 9.17) is 0 Å². The summed E-state index contributed by atoms with van der Waals surface area (Å²) in [5.74, 6) is -1.56. The number of hydrogen-bond donors (Lipinski definition) is 0. The van der Waals surface area contributed by atoms with E-state index in [0.717, 1.165) is 16.7 Å². The second kappa shape index (κ2) is 7.83. The molecule has 1 heterocycles. The Morgan fingerprint density at radius 1 is 0.923 bits per heavy atom. The molecule has 1 aromatic heterocycles. The summed E-state index contributed by atoms with van der Waals surface area (Å²) in [5.41, 5.74) is 2.94. The van der Waals surface area contributed by atoms with Gasteiger partial charge in [0.2, 0.25) is 0 Å². The lowest BCUT2D eigenvalue weighted by Crippen LogP contribution is -2.12. The van der Waals surface area contributed by atoms with E-state index < -0.39 is 23.8 Å². The van der Waals surface area contributed by atoms with Crippen molar-refractivity contribution in [3.63, 3.8) is 0 Å². The molecule has 26 heavy (non-hydrogen) atoms. The van der Waals surface area contributed by atoms with Crippen LogP contribution in [0.3, 0.4) is 0 Å². The lowest BCUT2D eigenvalue weighted by atomic mass is 9.98. The van der Waals surface area contributed by atoms with E-state index in [-0.39, 0.29) is 11.3 Å². The van der Waals surface area contributed by atoms with Crippen LogP contribution >= 0.6 is 0 Å². The van der Waals surface area contributed by atoms with Crippen molar-refractivity contribution in [1.82, 2.24) is 4.98 Å². The summed E-state index contributed by atoms with van der Waals surface area (Å²) in [5, 5.41) is 0. The normalized spacial score (nSPS) is 10.5. The minimum atomic E-state index is -0.614. The zero-order chi connectivity index (χ0) is 18.5. The summed E-state index contributed by atoms with van der Waals surface area (Å²) in [7, 11) is 0. The molecule has 0 aliphatic heterocycles. The minimum Gasteiger partial charge on any atom is -0.294 e. The number of carbonyl (C=O) groups excluding carboxylic acids is 2. The average molecular weight is 347 g/mol. The SMILES string of the molecule is Cc1ccnc(C(=O)CC(=O)c2cc(Cc3ccccc3)ccc2F)c1. The molecule has 3 rings (SSSR count). The second-order valence-corrected chi connectivity index (χ2v) is 6.22. The predicted molar refractivity (Wildman–Crippen MR) is 97.9 cm³/mol. The van der Waals surface area contributed by atoms with Gasteiger partial charge in [-0.15, -0.1) is 0 Å². The standard InChI is InChI=1S/C22H18FNO2/c1-15-9-10-24-20(11-15)22(26)14-21(25)18-13-17(7-8-19(18)23)12-16-5-3-2-4-6-16/h2-11,13H,12,14H2,1H3. The van der Waals surface area contributed by atoms with Gasteiger partial charge in [-0.05, 0) is 54.3 Å². The molecule has 0 radical (unpaired) electrons. The Kier molecular flexibility index (Phi) is 5.32. The summed E-state index contributed by atoms with van der Waals surface area (Å²) < 4.78 is 14.1. The molecule has 0 amide bonds. The number of rotatable bonds is 6. The largest absolute Gasteiger partial charge is 0.294 e. The van der Waals surface area contributed by atoms with Crippen LogP contribution in [0.5, 0.6) is 0 Å². The third-order valence-electron chi connectivity index (χ3n) is 4.10. The van der Waals surface area contributed by atoms with E-state index in [0.29, 0.717) is 6.42 Å². The fraction of sp³-hybridized carbons (Fsp3) is 0.136. The van der Waals surface area contributed by atoms with Crippen LogP contribution in [0.15, 0.2) is 66.9 Å². The second-order valence-electron chi connectivity index (χ2n) is 6.22. The van der Waals surface area contributed by atoms with Crippen molar-refractivity contribution in [2.45, 2.75) is 19.8 Å². The van der Waals surface area contributed by atoms with Gasteiger partial charge in [0.25, 0.3) is 0 Å². The minimum absolute atomic E-state index is 0.0561. The molecule has 130 valence electrons. The van der Waals surface area contributed by atoms with E-state index in [2.05, 4.69) is 4.98 Å². The topological polar surface area (TPSA) is 47.0 Å². The van der Waals surface area contributed by atoms with Crippen LogP contribution in [0, 0.1) is 12.7 Å². The number of ketones is 2. The van der Waals surface area contributed by atoms with E-state index in [9.17, 15) is 14.0 Å². The number of pyridine rings is 1. The maximum atomic E-state index is 14.1. The monoisotopic (exact) mass is 347 g/mol. The third-order valence-corrected chi connectivity index (χ3v) is 4.10. The van der Waals surface area contributed by atoms with Crippen LogP contribution in [0.25, 0.3) is 0 Å². The molecule has 3 nitrogen and oxygen atoms in total. The van der Waals surface area contributed by atoms with Gasteiger partial charge in [0.15, 0.2) is 11.6 Å². The molecule has 3 aromatic rings. The van der Waals surface area contributed by atoms with Crippen LogP contribution in [0.1, 0.15) is 44.0 Å². The van der Waals surface area contributed by atoms with Crippen molar-refractivity contribution in [2.75, 3.05) is 0 Å². The molecule has 4 heteroatoms. The Morgan fingerprint density at radius 2 is 1.69 bits per heavy atom. The highest BCUT2D eigenvalue weighted by molar-refractivity contribution is 6.13. The fourth-order valence-electron chi connectivity index (χ4n) is 2.75. The first-order valence-corrected chi connectivity index (χ1v) is 8.34. The highest BCUT2D eigenvalue weighted by Crippen LogP contribution is 2.17. The summed E-state index contributed by atoms with van der Waals surface area (Å²) in [4.78, 5) is 28.7. The number of hydrogen-bond acceptors (Lipinski definition) is 3. The van der Waals surface area contributed by atoms with Crippen LogP contribution in [-0.2, 0) is 6.42 Å². The third kappa shape index (κ3) is 4.28. The van der Waals surface area contributed by atoms with E-state index in [1.807, 2.05) is 37.3 Å². The molecular formula is C22H18FNO2. The average Bonchev–Trinajstić information content (AvgIpc) is 2.64. The Bertz CT molecular complexity index is 951. The van der Waals surface area contributed by atoms with Crippen LogP contribution in [-0.4, -0.2) is 16.6 Å². The molecule has 0 atom stereocenters. The smallest absolute Gasteiger partial charge is 0.188 e. The molecule has 0 unspecified atom stereocenters. The molecule has 0 saturated carbocycles. The number of benzene rings is 2. The number of Topliss-reactive ketones (excluding diaryl/α,β-unsaturated/α-hetero) is 2. The Labute approximate surface area is 151 Å². The lowest BCUT2D eigenvalue weighted by molar-refractivity contribution is 0.0889. The first-order valence-electron chi connectivity index (χ1n) is 8.34. The molecule has 2 aromatic carbocycles. The van der Waals surface area contributed by atoms with E-state index >= 15 is 0 Å². The van der Waals surface area contributed by atoms with Crippen molar-refractivity contribution in [2.24, 2.45) is 0 Å². The maximum Gasteiger partial charge on any atom is 0.188 e. The quantitative estimate of drug-likeness (QED) is 0.484. The summed E-state index contributed by atoms with van der Waals surface area (Å²) >= 11 is 0. The van der Waals surface area contributed by atoms with Crippen molar-refractivity contribution in [1.29, 1.82) is 0 Å². The van der Waals surface area contributed by atoms with Gasteiger partial charge in [0, 0.05) is 6.20 Å². The van der Waals surface area contributed by atoms with Crippen LogP contribution in [0.4, 0.5) is 4.39 Å². The number of aromatic nitrogens is 1. The molecule has 0 N–H and O–H groups in total. The van der Waals surface area contributed by atoms with Crippen LogP contribution in [0.2, 0.25) is 0 Å². The van der Waals surface area contributed by atoms with Gasteiger partial charge < -0.3 is 0 Å². The molecular weight excluding hydrogens is 329 g/mol. The number of aryl methyl sites for hydroxylation is 1. The summed E-state index contributed by atoms with van der Waals surface area (Å²) in [6.45, 7) is 1.84. The van der Waals surface area contributed by atoms with Gasteiger partial charge in [-0.3, -0.25) is 14.6 Å². The first-order chi connectivity index (χ1) is 12.5. The van der Waals surface area contributed by atoms with E-state index in [1.165, 1.54) is 18.3 Å². The predicted octanol–water partition coefficient (Wildman–Crippen LogP) is 4.58. The molecule has 0 saturated heterocycles. The van der Waals surface area contributed by atoms with Gasteiger partial charge in [-0.2, -0.15) is 0 Å². The highest BCUT2D eigenvalue weighted by Gasteiger charge is 2.18. The summed E-state index contributed by atoms with van der Waals surface area (Å²) in [6, 6.07) is 17.6. The first kappa shape index (κ1) is 17.7. The maximum absolute atomic E-state index is 14.1. The van der Waals surface area contributed by atoms with Gasteiger partial charge in [0.05, 0.1) is 12.0 Å². The Morgan fingerprint density at radius 3 is 2.42 bits per heavy atom. The number of nitrogens with zero attached hydrogens (tertiary/aromatic N) is 1. The van der Waals surface area contributed by atoms with Gasteiger partial charge in [-0.25, -0.2) is 4.39 Å². The van der Waals surface area contributed by atoms with Gasteiger partial charge >= 0.3 is 0 Å². The Hall–Kier alpha value is -3.14. The summed E-state index contributed by atoms with van der Waals surface area (Å²) in [6.07, 6.45) is 1.71. The van der Waals surface area contributed by atoms with E-state index in [1.54, 1.807) is 18.2 Å². The van der Waals surface area contributed by atoms with Crippen molar-refractivity contribution in [3.8, 4) is 0 Å². The Balaban J connectivity index is 1.78. The number of halogens is 1. The lowest BCUT2D eigenvalue weighted by Gasteiger charge is -2.07. The van der Waals surface area contributed by atoms with Gasteiger partial charge in [-0.1, -0.05) is 36.4 Å². The fourth-order valence-corrected chi connectivity index (χ4v) is 2.75. The highest BCUT2D eigenvalue weighted by atomic mass is 19.1.